The van der Waals surface area contributed by atoms with Crippen molar-refractivity contribution in [1.82, 2.24) is 5.32 Å². The minimum atomic E-state index is -3.50. The van der Waals surface area contributed by atoms with Crippen molar-refractivity contribution in [2.24, 2.45) is 0 Å². The Morgan fingerprint density at radius 2 is 2.11 bits per heavy atom. The lowest BCUT2D eigenvalue weighted by Gasteiger charge is -2.16. The lowest BCUT2D eigenvalue weighted by atomic mass is 10.2. The molecule has 0 aliphatic heterocycles. The molecule has 0 bridgehead atoms. The third kappa shape index (κ3) is 3.67. The summed E-state index contributed by atoms with van der Waals surface area (Å²) >= 11 is 0. The number of sulfonamides is 1. The molecule has 4 nitrogen and oxygen atoms in total. The molecular formula is C13H19FN2O2S. The third-order valence-electron chi connectivity index (χ3n) is 3.32. The summed E-state index contributed by atoms with van der Waals surface area (Å²) in [6.07, 6.45) is 2.23. The molecule has 0 saturated heterocycles. The summed E-state index contributed by atoms with van der Waals surface area (Å²) in [5, 5.41) is 2.62. The molecule has 1 aromatic rings. The monoisotopic (exact) mass is 286 g/mol. The van der Waals surface area contributed by atoms with Crippen molar-refractivity contribution in [3.63, 3.8) is 0 Å². The van der Waals surface area contributed by atoms with Crippen molar-refractivity contribution in [2.45, 2.75) is 38.0 Å². The van der Waals surface area contributed by atoms with Crippen molar-refractivity contribution in [3.8, 4) is 0 Å². The molecule has 1 unspecified atom stereocenters. The molecule has 6 heteroatoms. The Balaban J connectivity index is 2.04. The van der Waals surface area contributed by atoms with Crippen molar-refractivity contribution in [3.05, 3.63) is 29.6 Å². The molecule has 1 aliphatic rings. The second-order valence-corrected chi connectivity index (χ2v) is 7.15. The summed E-state index contributed by atoms with van der Waals surface area (Å²) in [6.45, 7) is 3.61. The standard InChI is InChI=1S/C13H19FN2O2S/c1-9(8-15-11-6-7-11)19(17,18)16-13-5-3-4-12(14)10(13)2/h3-5,9,11,15-16H,6-8H2,1-2H3. The Morgan fingerprint density at radius 1 is 1.42 bits per heavy atom. The van der Waals surface area contributed by atoms with Crippen molar-refractivity contribution >= 4 is 15.7 Å². The van der Waals surface area contributed by atoms with E-state index < -0.39 is 21.1 Å². The highest BCUT2D eigenvalue weighted by molar-refractivity contribution is 7.93. The molecular weight excluding hydrogens is 267 g/mol. The van der Waals surface area contributed by atoms with Gasteiger partial charge in [0.05, 0.1) is 10.9 Å². The van der Waals surface area contributed by atoms with E-state index in [1.807, 2.05) is 0 Å². The minimum absolute atomic E-state index is 0.304. The van der Waals surface area contributed by atoms with E-state index in [1.165, 1.54) is 12.1 Å². The largest absolute Gasteiger partial charge is 0.313 e. The van der Waals surface area contributed by atoms with E-state index in [1.54, 1.807) is 19.9 Å². The van der Waals surface area contributed by atoms with Gasteiger partial charge in [0.15, 0.2) is 0 Å². The Morgan fingerprint density at radius 3 is 2.74 bits per heavy atom. The van der Waals surface area contributed by atoms with Gasteiger partial charge < -0.3 is 5.32 Å². The van der Waals surface area contributed by atoms with Crippen LogP contribution >= 0.6 is 0 Å². The summed E-state index contributed by atoms with van der Waals surface area (Å²) in [7, 11) is -3.50. The molecule has 1 saturated carbocycles. The summed E-state index contributed by atoms with van der Waals surface area (Å²) in [6, 6.07) is 4.84. The molecule has 19 heavy (non-hydrogen) atoms. The van der Waals surface area contributed by atoms with Crippen LogP contribution in [0, 0.1) is 12.7 Å². The summed E-state index contributed by atoms with van der Waals surface area (Å²) in [4.78, 5) is 0. The SMILES string of the molecule is Cc1c(F)cccc1NS(=O)(=O)C(C)CNC1CC1. The number of benzene rings is 1. The zero-order valence-electron chi connectivity index (χ0n) is 11.1. The average Bonchev–Trinajstić information content (AvgIpc) is 3.15. The fourth-order valence-corrected chi connectivity index (χ4v) is 2.75. The van der Waals surface area contributed by atoms with E-state index in [-0.39, 0.29) is 0 Å². The van der Waals surface area contributed by atoms with Gasteiger partial charge in [-0.15, -0.1) is 0 Å². The Bertz CT molecular complexity index is 556. The topological polar surface area (TPSA) is 58.2 Å². The fourth-order valence-electron chi connectivity index (χ4n) is 1.70. The minimum Gasteiger partial charge on any atom is -0.313 e. The van der Waals surface area contributed by atoms with Crippen LogP contribution in [0.2, 0.25) is 0 Å². The number of hydrogen-bond donors (Lipinski definition) is 2. The van der Waals surface area contributed by atoms with Crippen LogP contribution in [0.15, 0.2) is 18.2 Å². The van der Waals surface area contributed by atoms with Gasteiger partial charge in [-0.25, -0.2) is 12.8 Å². The van der Waals surface area contributed by atoms with Gasteiger partial charge in [-0.3, -0.25) is 4.72 Å². The molecule has 0 spiro atoms. The molecule has 106 valence electrons. The van der Waals surface area contributed by atoms with Crippen LogP contribution < -0.4 is 10.0 Å². The molecule has 1 atom stereocenters. The Kier molecular flexibility index (Phi) is 4.10. The molecule has 1 fully saturated rings. The van der Waals surface area contributed by atoms with Crippen LogP contribution in [0.1, 0.15) is 25.3 Å². The van der Waals surface area contributed by atoms with E-state index in [0.717, 1.165) is 12.8 Å². The highest BCUT2D eigenvalue weighted by Gasteiger charge is 2.26. The van der Waals surface area contributed by atoms with E-state index >= 15 is 0 Å². The summed E-state index contributed by atoms with van der Waals surface area (Å²) < 4.78 is 40.1. The normalized spacial score (nSPS) is 17.2. The predicted molar refractivity (Wildman–Crippen MR) is 74.2 cm³/mol. The first kappa shape index (κ1) is 14.3. The summed E-state index contributed by atoms with van der Waals surface area (Å²) in [5.74, 6) is -0.413. The van der Waals surface area contributed by atoms with E-state index in [0.29, 0.717) is 23.8 Å². The van der Waals surface area contributed by atoms with Crippen LogP contribution in [0.5, 0.6) is 0 Å². The number of halogens is 1. The second-order valence-electron chi connectivity index (χ2n) is 5.05. The van der Waals surface area contributed by atoms with Gasteiger partial charge in [0.1, 0.15) is 5.82 Å². The van der Waals surface area contributed by atoms with Crippen LogP contribution in [0.25, 0.3) is 0 Å². The maximum absolute atomic E-state index is 13.4. The van der Waals surface area contributed by atoms with Crippen molar-refractivity contribution in [2.75, 3.05) is 11.3 Å². The molecule has 0 heterocycles. The number of hydrogen-bond acceptors (Lipinski definition) is 3. The lowest BCUT2D eigenvalue weighted by molar-refractivity contribution is 0.576. The number of anilines is 1. The van der Waals surface area contributed by atoms with Gasteiger partial charge >= 0.3 is 0 Å². The second kappa shape index (κ2) is 5.46. The van der Waals surface area contributed by atoms with Crippen LogP contribution in [0.4, 0.5) is 10.1 Å². The van der Waals surface area contributed by atoms with Gasteiger partial charge in [0, 0.05) is 18.2 Å². The van der Waals surface area contributed by atoms with Crippen molar-refractivity contribution in [1.29, 1.82) is 0 Å². The first-order valence-corrected chi connectivity index (χ1v) is 7.95. The zero-order valence-corrected chi connectivity index (χ0v) is 11.9. The molecule has 0 amide bonds. The highest BCUT2D eigenvalue weighted by atomic mass is 32.2. The van der Waals surface area contributed by atoms with Crippen LogP contribution in [0.3, 0.4) is 0 Å². The van der Waals surface area contributed by atoms with E-state index in [4.69, 9.17) is 0 Å². The quantitative estimate of drug-likeness (QED) is 0.841. The average molecular weight is 286 g/mol. The molecule has 0 aromatic heterocycles. The molecule has 1 aromatic carbocycles. The smallest absolute Gasteiger partial charge is 0.236 e. The Hall–Kier alpha value is -1.14. The Labute approximate surface area is 113 Å². The maximum Gasteiger partial charge on any atom is 0.236 e. The van der Waals surface area contributed by atoms with Crippen molar-refractivity contribution < 1.29 is 12.8 Å². The van der Waals surface area contributed by atoms with Crippen LogP contribution in [-0.4, -0.2) is 26.3 Å². The van der Waals surface area contributed by atoms with Gasteiger partial charge in [0.25, 0.3) is 0 Å². The number of nitrogens with one attached hydrogen (secondary N) is 2. The maximum atomic E-state index is 13.4. The fraction of sp³-hybridized carbons (Fsp3) is 0.538. The predicted octanol–water partition coefficient (Wildman–Crippen LogP) is 2.02. The molecule has 0 radical (unpaired) electrons. The molecule has 1 aliphatic carbocycles. The van der Waals surface area contributed by atoms with Gasteiger partial charge in [-0.05, 0) is 38.8 Å². The zero-order chi connectivity index (χ0) is 14.0. The van der Waals surface area contributed by atoms with Crippen LogP contribution in [-0.2, 0) is 10.0 Å². The van der Waals surface area contributed by atoms with E-state index in [9.17, 15) is 12.8 Å². The number of rotatable bonds is 6. The summed E-state index contributed by atoms with van der Waals surface area (Å²) in [5.41, 5.74) is 0.617. The third-order valence-corrected chi connectivity index (χ3v) is 5.05. The first-order valence-electron chi connectivity index (χ1n) is 6.40. The first-order chi connectivity index (χ1) is 8.90. The van der Waals surface area contributed by atoms with Gasteiger partial charge in [-0.2, -0.15) is 0 Å². The van der Waals surface area contributed by atoms with Gasteiger partial charge in [-0.1, -0.05) is 6.07 Å². The molecule has 2 N–H and O–H groups in total. The van der Waals surface area contributed by atoms with E-state index in [2.05, 4.69) is 10.0 Å². The van der Waals surface area contributed by atoms with Gasteiger partial charge in [0.2, 0.25) is 10.0 Å². The highest BCUT2D eigenvalue weighted by Crippen LogP contribution is 2.21. The lowest BCUT2D eigenvalue weighted by Crippen LogP contribution is -2.35. The molecule has 2 rings (SSSR count).